The van der Waals surface area contributed by atoms with Crippen LogP contribution in [0.4, 0.5) is 5.69 Å². The zero-order valence-corrected chi connectivity index (χ0v) is 16.9. The number of nitrogens with zero attached hydrogens (tertiary/aromatic N) is 3. The first-order valence-electron chi connectivity index (χ1n) is 9.47. The summed E-state index contributed by atoms with van der Waals surface area (Å²) in [5.41, 5.74) is -0.157. The van der Waals surface area contributed by atoms with E-state index in [2.05, 4.69) is 5.32 Å². The number of piperidine rings is 1. The average molecular weight is 402 g/mol. The van der Waals surface area contributed by atoms with Crippen LogP contribution in [0.25, 0.3) is 0 Å². The van der Waals surface area contributed by atoms with Crippen molar-refractivity contribution in [2.75, 3.05) is 31.7 Å². The van der Waals surface area contributed by atoms with Gasteiger partial charge in [0.25, 0.3) is 11.5 Å². The van der Waals surface area contributed by atoms with Crippen molar-refractivity contribution >= 4 is 11.6 Å². The van der Waals surface area contributed by atoms with Crippen LogP contribution in [0.5, 0.6) is 11.5 Å². The molecule has 1 N–H and O–H groups in total. The van der Waals surface area contributed by atoms with Gasteiger partial charge in [0.2, 0.25) is 0 Å². The number of rotatable bonds is 6. The average Bonchev–Trinajstić information content (AvgIpc) is 2.74. The Morgan fingerprint density at radius 1 is 1.14 bits per heavy atom. The molecule has 2 aromatic rings. The van der Waals surface area contributed by atoms with Crippen LogP contribution in [-0.2, 0) is 18.9 Å². The van der Waals surface area contributed by atoms with Crippen molar-refractivity contribution in [2.24, 2.45) is 14.1 Å². The highest BCUT2D eigenvalue weighted by Gasteiger charge is 2.23. The molecule has 0 bridgehead atoms. The van der Waals surface area contributed by atoms with Gasteiger partial charge in [-0.15, -0.1) is 0 Å². The number of methoxy groups -OCH3 is 1. The zero-order chi connectivity index (χ0) is 21.0. The summed E-state index contributed by atoms with van der Waals surface area (Å²) in [7, 11) is 4.65. The van der Waals surface area contributed by atoms with E-state index in [1.807, 2.05) is 17.0 Å². The molecule has 1 aromatic heterocycles. The van der Waals surface area contributed by atoms with E-state index >= 15 is 0 Å². The number of ether oxygens (including phenoxy) is 2. The van der Waals surface area contributed by atoms with E-state index in [0.717, 1.165) is 4.57 Å². The molecule has 156 valence electrons. The lowest BCUT2D eigenvalue weighted by Crippen LogP contribution is -2.48. The number of anilines is 1. The van der Waals surface area contributed by atoms with Crippen molar-refractivity contribution in [2.45, 2.75) is 18.9 Å². The van der Waals surface area contributed by atoms with Crippen LogP contribution in [0.3, 0.4) is 0 Å². The summed E-state index contributed by atoms with van der Waals surface area (Å²) in [6.07, 6.45) is 2.98. The smallest absolute Gasteiger partial charge is 0.330 e. The van der Waals surface area contributed by atoms with Gasteiger partial charge in [0.15, 0.2) is 18.1 Å². The minimum atomic E-state index is -0.351. The quantitative estimate of drug-likeness (QED) is 0.745. The number of nitrogens with one attached hydrogen (secondary N) is 1. The maximum Gasteiger partial charge on any atom is 0.330 e. The first-order valence-corrected chi connectivity index (χ1v) is 9.47. The number of hydrogen-bond donors (Lipinski definition) is 1. The van der Waals surface area contributed by atoms with Gasteiger partial charge in [0.1, 0.15) is 5.69 Å². The maximum absolute atomic E-state index is 12.4. The van der Waals surface area contributed by atoms with E-state index in [4.69, 9.17) is 9.47 Å². The van der Waals surface area contributed by atoms with E-state index < -0.39 is 0 Å². The summed E-state index contributed by atoms with van der Waals surface area (Å²) in [5, 5.41) is 2.98. The van der Waals surface area contributed by atoms with Gasteiger partial charge in [-0.2, -0.15) is 0 Å². The summed E-state index contributed by atoms with van der Waals surface area (Å²) >= 11 is 0. The summed E-state index contributed by atoms with van der Waals surface area (Å²) < 4.78 is 13.3. The second-order valence-electron chi connectivity index (χ2n) is 7.04. The highest BCUT2D eigenvalue weighted by molar-refractivity contribution is 5.78. The van der Waals surface area contributed by atoms with Crippen LogP contribution in [0, 0.1) is 0 Å². The molecule has 0 spiro atoms. The van der Waals surface area contributed by atoms with Gasteiger partial charge in [0, 0.05) is 39.4 Å². The molecule has 9 heteroatoms. The van der Waals surface area contributed by atoms with Crippen molar-refractivity contribution in [1.82, 2.24) is 14.5 Å². The van der Waals surface area contributed by atoms with Crippen molar-refractivity contribution in [3.63, 3.8) is 0 Å². The number of carbonyl (C=O) groups excluding carboxylic acids is 1. The topological polar surface area (TPSA) is 94.8 Å². The van der Waals surface area contributed by atoms with Gasteiger partial charge in [-0.3, -0.25) is 14.2 Å². The number of para-hydroxylation sites is 2. The lowest BCUT2D eigenvalue weighted by molar-refractivity contribution is -0.123. The number of carbonyl (C=O) groups is 1. The van der Waals surface area contributed by atoms with E-state index in [1.165, 1.54) is 11.6 Å². The Morgan fingerprint density at radius 3 is 2.45 bits per heavy atom. The molecule has 0 aliphatic carbocycles. The first kappa shape index (κ1) is 20.5. The Hall–Kier alpha value is -3.23. The van der Waals surface area contributed by atoms with Crippen LogP contribution in [0.2, 0.25) is 0 Å². The molecule has 1 saturated heterocycles. The third-order valence-corrected chi connectivity index (χ3v) is 5.06. The molecule has 0 atom stereocenters. The molecule has 3 rings (SSSR count). The Balaban J connectivity index is 1.53. The lowest BCUT2D eigenvalue weighted by Gasteiger charge is -2.33. The Labute approximate surface area is 168 Å². The predicted octanol–water partition coefficient (Wildman–Crippen LogP) is 0.257. The first-order chi connectivity index (χ1) is 13.9. The Morgan fingerprint density at radius 2 is 1.79 bits per heavy atom. The number of aromatic nitrogens is 2. The highest BCUT2D eigenvalue weighted by Crippen LogP contribution is 2.25. The monoisotopic (exact) mass is 402 g/mol. The van der Waals surface area contributed by atoms with E-state index in [9.17, 15) is 14.4 Å². The predicted molar refractivity (Wildman–Crippen MR) is 109 cm³/mol. The number of aryl methyl sites for hydroxylation is 1. The molecule has 1 aromatic carbocycles. The van der Waals surface area contributed by atoms with Crippen molar-refractivity contribution in [3.05, 3.63) is 51.3 Å². The summed E-state index contributed by atoms with van der Waals surface area (Å²) in [6, 6.07) is 7.17. The van der Waals surface area contributed by atoms with Crippen LogP contribution in [-0.4, -0.2) is 47.9 Å². The molecule has 2 heterocycles. The fourth-order valence-corrected chi connectivity index (χ4v) is 3.42. The van der Waals surface area contributed by atoms with Gasteiger partial charge in [0.05, 0.1) is 7.11 Å². The van der Waals surface area contributed by atoms with Gasteiger partial charge in [-0.25, -0.2) is 4.79 Å². The van der Waals surface area contributed by atoms with Crippen molar-refractivity contribution in [1.29, 1.82) is 0 Å². The molecule has 1 aliphatic heterocycles. The maximum atomic E-state index is 12.4. The van der Waals surface area contributed by atoms with Crippen LogP contribution in [0.1, 0.15) is 12.8 Å². The Bertz CT molecular complexity index is 989. The SMILES string of the molecule is COc1ccccc1OCC(=O)NC1CCN(c2cn(C)c(=O)n(C)c2=O)CC1. The van der Waals surface area contributed by atoms with Crippen molar-refractivity contribution < 1.29 is 14.3 Å². The molecule has 0 saturated carbocycles. The second-order valence-corrected chi connectivity index (χ2v) is 7.04. The minimum Gasteiger partial charge on any atom is -0.493 e. The normalized spacial score (nSPS) is 14.5. The van der Waals surface area contributed by atoms with Gasteiger partial charge < -0.3 is 24.3 Å². The second kappa shape index (κ2) is 8.85. The summed E-state index contributed by atoms with van der Waals surface area (Å²) in [4.78, 5) is 38.4. The summed E-state index contributed by atoms with van der Waals surface area (Å²) in [6.45, 7) is 1.14. The fourth-order valence-electron chi connectivity index (χ4n) is 3.42. The molecule has 1 fully saturated rings. The molecule has 9 nitrogen and oxygen atoms in total. The standard InChI is InChI=1S/C20H26N4O5/c1-22-12-15(19(26)23(2)20(22)27)24-10-8-14(9-11-24)21-18(25)13-29-17-7-5-4-6-16(17)28-3/h4-7,12,14H,8-11,13H2,1-3H3,(H,21,25). The fraction of sp³-hybridized carbons (Fsp3) is 0.450. The molecular weight excluding hydrogens is 376 g/mol. The Kier molecular flexibility index (Phi) is 6.26. The number of amides is 1. The molecular formula is C20H26N4O5. The van der Waals surface area contributed by atoms with E-state index in [1.54, 1.807) is 32.5 Å². The lowest BCUT2D eigenvalue weighted by atomic mass is 10.0. The molecule has 1 amide bonds. The number of hydrogen-bond acceptors (Lipinski definition) is 6. The van der Waals surface area contributed by atoms with Crippen LogP contribution < -0.4 is 30.9 Å². The zero-order valence-electron chi connectivity index (χ0n) is 16.9. The molecule has 0 radical (unpaired) electrons. The largest absolute Gasteiger partial charge is 0.493 e. The summed E-state index contributed by atoms with van der Waals surface area (Å²) in [5.74, 6) is 0.894. The van der Waals surface area contributed by atoms with Crippen molar-refractivity contribution in [3.8, 4) is 11.5 Å². The van der Waals surface area contributed by atoms with Gasteiger partial charge in [-0.1, -0.05) is 12.1 Å². The molecule has 29 heavy (non-hydrogen) atoms. The third-order valence-electron chi connectivity index (χ3n) is 5.06. The molecule has 0 unspecified atom stereocenters. The third kappa shape index (κ3) is 4.61. The van der Waals surface area contributed by atoms with Gasteiger partial charge >= 0.3 is 5.69 Å². The number of benzene rings is 1. The van der Waals surface area contributed by atoms with Gasteiger partial charge in [-0.05, 0) is 25.0 Å². The highest BCUT2D eigenvalue weighted by atomic mass is 16.5. The molecule has 1 aliphatic rings. The minimum absolute atomic E-state index is 0.0106. The van der Waals surface area contributed by atoms with Crippen LogP contribution >= 0.6 is 0 Å². The van der Waals surface area contributed by atoms with E-state index in [0.29, 0.717) is 43.1 Å². The van der Waals surface area contributed by atoms with E-state index in [-0.39, 0.29) is 29.8 Å². The van der Waals surface area contributed by atoms with Crippen LogP contribution in [0.15, 0.2) is 40.1 Å².